The van der Waals surface area contributed by atoms with Gasteiger partial charge in [-0.25, -0.2) is 4.39 Å². The van der Waals surface area contributed by atoms with Gasteiger partial charge in [0.1, 0.15) is 5.82 Å². The minimum atomic E-state index is -3.54. The van der Waals surface area contributed by atoms with Crippen molar-refractivity contribution in [3.05, 3.63) is 22.1 Å². The Labute approximate surface area is 110 Å². The molecule has 1 aromatic heterocycles. The monoisotopic (exact) mass is 201 g/mol. The van der Waals surface area contributed by atoms with Gasteiger partial charge in [0, 0.05) is 0 Å². The molecule has 3 radical (unpaired) electrons. The van der Waals surface area contributed by atoms with Crippen LogP contribution in [0.5, 0.6) is 0 Å². The Balaban J connectivity index is 0.000001000. The van der Waals surface area contributed by atoms with Gasteiger partial charge in [-0.15, -0.1) is 11.3 Å². The third kappa shape index (κ3) is 3.20. The largest absolute Gasteiger partial charge is 1.00 e. The molecule has 0 fully saturated rings. The van der Waals surface area contributed by atoms with E-state index in [0.717, 1.165) is 6.07 Å². The van der Waals surface area contributed by atoms with E-state index in [1.165, 1.54) is 5.38 Å². The van der Waals surface area contributed by atoms with E-state index in [1.807, 2.05) is 0 Å². The minimum Gasteiger partial charge on any atom is -0.516 e. The fraction of sp³-hybridized carbons (Fsp3) is 0.200. The first kappa shape index (κ1) is 12.2. The number of rotatable bonds is 1. The third-order valence-electron chi connectivity index (χ3n) is 0.920. The molecule has 1 rings (SSSR count). The summed E-state index contributed by atoms with van der Waals surface area (Å²) < 4.78 is 36.5. The Bertz CT molecular complexity index is 232. The summed E-state index contributed by atoms with van der Waals surface area (Å²) in [5.74, 6) is -4.49. The molecular formula is C5H2BF3KS. The van der Waals surface area contributed by atoms with Gasteiger partial charge >= 0.3 is 51.4 Å². The average Bonchev–Trinajstić information content (AvgIpc) is 2.11. The predicted octanol–water partition coefficient (Wildman–Crippen LogP) is -0.891. The smallest absolute Gasteiger partial charge is 0.516 e. The van der Waals surface area contributed by atoms with Crippen LogP contribution in [0.3, 0.4) is 0 Å². The molecule has 0 atom stereocenters. The summed E-state index contributed by atoms with van der Waals surface area (Å²) in [5.41, 5.74) is 0. The van der Waals surface area contributed by atoms with Crippen molar-refractivity contribution in [2.45, 2.75) is 5.82 Å². The summed E-state index contributed by atoms with van der Waals surface area (Å²) in [5, 5.41) is 1.23. The van der Waals surface area contributed by atoms with Crippen molar-refractivity contribution in [2.24, 2.45) is 0 Å². The first-order valence-electron chi connectivity index (χ1n) is 2.42. The van der Waals surface area contributed by atoms with Gasteiger partial charge < -0.3 is 7.85 Å². The molecule has 0 spiro atoms. The summed E-state index contributed by atoms with van der Waals surface area (Å²) in [6, 6.07) is 0.959. The van der Waals surface area contributed by atoms with Crippen LogP contribution in [-0.2, 0) is 5.82 Å². The van der Waals surface area contributed by atoms with Crippen molar-refractivity contribution in [3.8, 4) is 0 Å². The second-order valence-electron chi connectivity index (χ2n) is 1.72. The van der Waals surface area contributed by atoms with Crippen LogP contribution in [0, 0.1) is 5.82 Å². The normalized spacial score (nSPS) is 10.9. The zero-order valence-electron chi connectivity index (χ0n) is 5.77. The molecule has 6 heteroatoms. The maximum Gasteiger partial charge on any atom is 1.00 e. The molecular weight excluding hydrogens is 199 g/mol. The second-order valence-corrected chi connectivity index (χ2v) is 2.64. The van der Waals surface area contributed by atoms with Crippen LogP contribution in [0.15, 0.2) is 11.4 Å². The summed E-state index contributed by atoms with van der Waals surface area (Å²) in [6.07, 6.45) is 0. The molecule has 0 amide bonds. The van der Waals surface area contributed by atoms with Gasteiger partial charge in [-0.1, -0.05) is 0 Å². The first-order valence-corrected chi connectivity index (χ1v) is 3.30. The molecule has 0 saturated heterocycles. The Morgan fingerprint density at radius 2 is 2.00 bits per heavy atom. The van der Waals surface area contributed by atoms with E-state index in [9.17, 15) is 13.2 Å². The van der Waals surface area contributed by atoms with Gasteiger partial charge in [0.25, 0.3) is 0 Å². The molecule has 0 aromatic carbocycles. The van der Waals surface area contributed by atoms with Gasteiger partial charge in [0.2, 0.25) is 0 Å². The number of hydrogen-bond donors (Lipinski definition) is 0. The molecule has 0 N–H and O–H groups in total. The van der Waals surface area contributed by atoms with Crippen LogP contribution in [0.2, 0.25) is 0 Å². The fourth-order valence-electron chi connectivity index (χ4n) is 0.532. The van der Waals surface area contributed by atoms with Crippen molar-refractivity contribution in [2.75, 3.05) is 0 Å². The van der Waals surface area contributed by atoms with E-state index >= 15 is 0 Å². The standard InChI is InChI=1S/C5H2BF3S.K/c6-5(8,9)4-3(7)1-2-10-4;/h1-2H;/q-1;+1. The predicted molar refractivity (Wildman–Crippen MR) is 33.9 cm³/mol. The molecule has 0 nitrogen and oxygen atoms in total. The van der Waals surface area contributed by atoms with Gasteiger partial charge in [0.15, 0.2) is 0 Å². The van der Waals surface area contributed by atoms with Gasteiger partial charge in [-0.2, -0.15) is 0 Å². The van der Waals surface area contributed by atoms with E-state index in [-0.39, 0.29) is 51.4 Å². The van der Waals surface area contributed by atoms with Crippen LogP contribution in [0.1, 0.15) is 4.88 Å². The average molecular weight is 201 g/mol. The molecule has 53 valence electrons. The Morgan fingerprint density at radius 3 is 2.18 bits per heavy atom. The fourth-order valence-corrected chi connectivity index (χ4v) is 1.19. The van der Waals surface area contributed by atoms with E-state index in [0.29, 0.717) is 11.3 Å². The quantitative estimate of drug-likeness (QED) is 0.517. The van der Waals surface area contributed by atoms with Crippen molar-refractivity contribution in [3.63, 3.8) is 0 Å². The van der Waals surface area contributed by atoms with Crippen molar-refractivity contribution in [1.82, 2.24) is 0 Å². The maximum atomic E-state index is 12.3. The summed E-state index contributed by atoms with van der Waals surface area (Å²) in [7, 11) is 4.34. The molecule has 1 heterocycles. The van der Waals surface area contributed by atoms with Crippen LogP contribution < -0.4 is 51.4 Å². The van der Waals surface area contributed by atoms with Crippen molar-refractivity contribution < 1.29 is 64.6 Å². The molecule has 11 heavy (non-hydrogen) atoms. The first-order chi connectivity index (χ1) is 4.52. The van der Waals surface area contributed by atoms with Crippen LogP contribution in [0.25, 0.3) is 0 Å². The zero-order chi connectivity index (χ0) is 7.78. The molecule has 0 saturated carbocycles. The van der Waals surface area contributed by atoms with Crippen LogP contribution >= 0.6 is 11.3 Å². The molecule has 0 bridgehead atoms. The molecule has 0 aliphatic carbocycles. The van der Waals surface area contributed by atoms with E-state index in [2.05, 4.69) is 7.85 Å². The number of hydrogen-bond acceptors (Lipinski definition) is 1. The zero-order valence-corrected chi connectivity index (χ0v) is 9.71. The third-order valence-corrected chi connectivity index (χ3v) is 1.89. The number of thiophene rings is 1. The SMILES string of the molecule is [B-]C(F)(F)c1sccc1F.[K+]. The minimum absolute atomic E-state index is 0. The summed E-state index contributed by atoms with van der Waals surface area (Å²) in [6.45, 7) is 0. The summed E-state index contributed by atoms with van der Waals surface area (Å²) in [4.78, 5) is -0.715. The van der Waals surface area contributed by atoms with Crippen molar-refractivity contribution >= 4 is 19.2 Å². The van der Waals surface area contributed by atoms with E-state index in [1.54, 1.807) is 0 Å². The molecule has 0 unspecified atom stereocenters. The summed E-state index contributed by atoms with van der Waals surface area (Å²) >= 11 is 0.606. The Kier molecular flexibility index (Phi) is 4.91. The Morgan fingerprint density at radius 1 is 1.45 bits per heavy atom. The number of alkyl halides is 2. The van der Waals surface area contributed by atoms with Gasteiger partial charge in [-0.3, -0.25) is 8.78 Å². The maximum absolute atomic E-state index is 12.3. The number of halogens is 3. The van der Waals surface area contributed by atoms with Gasteiger partial charge in [0.05, 0.1) is 10.7 Å². The molecule has 0 aliphatic rings. The van der Waals surface area contributed by atoms with Crippen LogP contribution in [0.4, 0.5) is 13.2 Å². The van der Waals surface area contributed by atoms with Gasteiger partial charge in [-0.05, 0) is 11.4 Å². The second kappa shape index (κ2) is 4.43. The van der Waals surface area contributed by atoms with Crippen LogP contribution in [-0.4, -0.2) is 7.85 Å². The molecule has 0 aliphatic heterocycles. The van der Waals surface area contributed by atoms with Crippen molar-refractivity contribution in [1.29, 1.82) is 0 Å². The Hall–Kier alpha value is 1.19. The molecule has 1 aromatic rings. The topological polar surface area (TPSA) is 0 Å². The van der Waals surface area contributed by atoms with E-state index < -0.39 is 16.5 Å². The van der Waals surface area contributed by atoms with E-state index in [4.69, 9.17) is 0 Å².